The molecule has 0 atom stereocenters. The number of carbonyl (C=O) groups is 1. The number of hydrogen-bond donors (Lipinski definition) is 1. The molecule has 1 N–H and O–H groups in total. The Kier molecular flexibility index (Phi) is 7.15. The third kappa shape index (κ3) is 5.44. The lowest BCUT2D eigenvalue weighted by Crippen LogP contribution is -2.39. The van der Waals surface area contributed by atoms with Crippen LogP contribution >= 0.6 is 0 Å². The van der Waals surface area contributed by atoms with Crippen LogP contribution in [0, 0.1) is 10.1 Å². The van der Waals surface area contributed by atoms with Crippen LogP contribution in [0.2, 0.25) is 0 Å². The van der Waals surface area contributed by atoms with Crippen molar-refractivity contribution in [3.05, 3.63) is 88.5 Å². The lowest BCUT2D eigenvalue weighted by Gasteiger charge is -2.23. The summed E-state index contributed by atoms with van der Waals surface area (Å²) in [5, 5.41) is 15.3. The summed E-state index contributed by atoms with van der Waals surface area (Å²) < 4.78 is 38.6. The van der Waals surface area contributed by atoms with E-state index >= 15 is 0 Å². The summed E-state index contributed by atoms with van der Waals surface area (Å²) in [5.41, 5.74) is 3.14. The van der Waals surface area contributed by atoms with Crippen LogP contribution in [0.4, 0.5) is 11.4 Å². The highest BCUT2D eigenvalue weighted by atomic mass is 32.2. The molecule has 0 radical (unpaired) electrons. The maximum atomic E-state index is 13.4. The molecule has 0 saturated carbocycles. The monoisotopic (exact) mass is 510 g/mol. The minimum atomic E-state index is -4.22. The van der Waals surface area contributed by atoms with Gasteiger partial charge in [0.1, 0.15) is 19.8 Å². The Hall–Kier alpha value is -4.45. The average molecular weight is 511 g/mol. The summed E-state index contributed by atoms with van der Waals surface area (Å²) in [7, 11) is -4.22. The van der Waals surface area contributed by atoms with Crippen LogP contribution in [-0.2, 0) is 14.8 Å². The number of nitrogens with one attached hydrogen (secondary N) is 1. The number of ether oxygens (including phenoxy) is 2. The number of nitro groups is 1. The molecule has 1 aliphatic rings. The molecular weight excluding hydrogens is 488 g/mol. The topological polar surface area (TPSA) is 140 Å². The van der Waals surface area contributed by atoms with Crippen molar-refractivity contribution in [2.45, 2.75) is 11.8 Å². The van der Waals surface area contributed by atoms with E-state index in [-0.39, 0.29) is 16.3 Å². The number of anilines is 1. The minimum absolute atomic E-state index is 0.0317. The SMILES string of the molecule is C/C(=N/NC(=O)CN(c1cccc([N+](=O)[O-])c1)S(=O)(=O)c1ccccc1)c1ccc2c(c1)OCCO2. The molecule has 186 valence electrons. The van der Waals surface area contributed by atoms with Crippen molar-refractivity contribution in [3.63, 3.8) is 0 Å². The molecular formula is C24H22N4O7S. The van der Waals surface area contributed by atoms with Crippen LogP contribution in [0.25, 0.3) is 0 Å². The summed E-state index contributed by atoms with van der Waals surface area (Å²) in [6, 6.07) is 17.8. The van der Waals surface area contributed by atoms with E-state index in [1.807, 2.05) is 0 Å². The summed E-state index contributed by atoms with van der Waals surface area (Å²) in [6.45, 7) is 1.90. The summed E-state index contributed by atoms with van der Waals surface area (Å²) in [5.74, 6) is 0.434. The number of carbonyl (C=O) groups excluding carboxylic acids is 1. The number of fused-ring (bicyclic) bond motifs is 1. The maximum Gasteiger partial charge on any atom is 0.271 e. The van der Waals surface area contributed by atoms with E-state index in [1.165, 1.54) is 30.3 Å². The molecule has 1 aliphatic heterocycles. The molecule has 36 heavy (non-hydrogen) atoms. The van der Waals surface area contributed by atoms with Gasteiger partial charge in [0.25, 0.3) is 21.6 Å². The van der Waals surface area contributed by atoms with Crippen molar-refractivity contribution in [1.82, 2.24) is 5.43 Å². The third-order valence-electron chi connectivity index (χ3n) is 5.26. The summed E-state index contributed by atoms with van der Waals surface area (Å²) in [6.07, 6.45) is 0. The zero-order valence-electron chi connectivity index (χ0n) is 19.2. The highest BCUT2D eigenvalue weighted by Crippen LogP contribution is 2.31. The van der Waals surface area contributed by atoms with Crippen LogP contribution in [-0.4, -0.2) is 44.7 Å². The van der Waals surface area contributed by atoms with E-state index in [0.29, 0.717) is 36.0 Å². The number of rotatable bonds is 8. The van der Waals surface area contributed by atoms with Gasteiger partial charge < -0.3 is 9.47 Å². The third-order valence-corrected chi connectivity index (χ3v) is 7.04. The van der Waals surface area contributed by atoms with Gasteiger partial charge in [-0.05, 0) is 43.3 Å². The van der Waals surface area contributed by atoms with E-state index in [2.05, 4.69) is 10.5 Å². The smallest absolute Gasteiger partial charge is 0.271 e. The maximum absolute atomic E-state index is 13.4. The van der Waals surface area contributed by atoms with Gasteiger partial charge >= 0.3 is 0 Å². The Labute approximate surface area is 207 Å². The first-order valence-electron chi connectivity index (χ1n) is 10.8. The number of nitro benzene ring substituents is 1. The molecule has 0 saturated heterocycles. The Morgan fingerprint density at radius 2 is 1.75 bits per heavy atom. The summed E-state index contributed by atoms with van der Waals surface area (Å²) >= 11 is 0. The first kappa shape index (κ1) is 24.7. The predicted molar refractivity (Wildman–Crippen MR) is 132 cm³/mol. The lowest BCUT2D eigenvalue weighted by molar-refractivity contribution is -0.384. The zero-order chi connectivity index (χ0) is 25.7. The van der Waals surface area contributed by atoms with Crippen LogP contribution < -0.4 is 19.2 Å². The molecule has 3 aromatic carbocycles. The number of hydrogen-bond acceptors (Lipinski definition) is 8. The van der Waals surface area contributed by atoms with Gasteiger partial charge in [-0.15, -0.1) is 0 Å². The normalized spacial score (nSPS) is 13.1. The minimum Gasteiger partial charge on any atom is -0.486 e. The van der Waals surface area contributed by atoms with E-state index in [0.717, 1.165) is 10.4 Å². The van der Waals surface area contributed by atoms with Crippen LogP contribution in [0.3, 0.4) is 0 Å². The number of sulfonamides is 1. The zero-order valence-corrected chi connectivity index (χ0v) is 20.0. The first-order valence-corrected chi connectivity index (χ1v) is 12.2. The Morgan fingerprint density at radius 1 is 1.03 bits per heavy atom. The van der Waals surface area contributed by atoms with Gasteiger partial charge in [-0.3, -0.25) is 19.2 Å². The van der Waals surface area contributed by atoms with Gasteiger partial charge in [0.05, 0.1) is 21.2 Å². The molecule has 0 bridgehead atoms. The van der Waals surface area contributed by atoms with Gasteiger partial charge in [-0.2, -0.15) is 5.10 Å². The number of non-ortho nitro benzene ring substituents is 1. The van der Waals surface area contributed by atoms with Crippen LogP contribution in [0.1, 0.15) is 12.5 Å². The second-order valence-electron chi connectivity index (χ2n) is 7.69. The van der Waals surface area contributed by atoms with Crippen molar-refractivity contribution < 1.29 is 27.6 Å². The molecule has 0 spiro atoms. The molecule has 0 unspecified atom stereocenters. The number of amides is 1. The van der Waals surface area contributed by atoms with Gasteiger partial charge in [0.15, 0.2) is 11.5 Å². The molecule has 1 amide bonds. The van der Waals surface area contributed by atoms with E-state index in [4.69, 9.17) is 9.47 Å². The number of nitrogens with zero attached hydrogens (tertiary/aromatic N) is 3. The molecule has 12 heteroatoms. The fourth-order valence-corrected chi connectivity index (χ4v) is 4.88. The van der Waals surface area contributed by atoms with Crippen molar-refractivity contribution >= 4 is 33.0 Å². The molecule has 0 aliphatic carbocycles. The highest BCUT2D eigenvalue weighted by Gasteiger charge is 2.28. The summed E-state index contributed by atoms with van der Waals surface area (Å²) in [4.78, 5) is 23.3. The molecule has 4 rings (SSSR count). The largest absolute Gasteiger partial charge is 0.486 e. The van der Waals surface area contributed by atoms with Crippen molar-refractivity contribution in [1.29, 1.82) is 0 Å². The van der Waals surface area contributed by atoms with Crippen LogP contribution in [0.15, 0.2) is 82.8 Å². The van der Waals surface area contributed by atoms with Crippen molar-refractivity contribution in [3.8, 4) is 11.5 Å². The van der Waals surface area contributed by atoms with Gasteiger partial charge in [0, 0.05) is 17.7 Å². The van der Waals surface area contributed by atoms with Gasteiger partial charge in [-0.25, -0.2) is 13.8 Å². The first-order chi connectivity index (χ1) is 17.3. The predicted octanol–water partition coefficient (Wildman–Crippen LogP) is 3.10. The Bertz CT molecular complexity index is 1430. The second kappa shape index (κ2) is 10.4. The van der Waals surface area contributed by atoms with Crippen molar-refractivity contribution in [2.75, 3.05) is 24.1 Å². The van der Waals surface area contributed by atoms with E-state index in [1.54, 1.807) is 43.3 Å². The fraction of sp³-hybridized carbons (Fsp3) is 0.167. The number of hydrazone groups is 1. The molecule has 0 fully saturated rings. The molecule has 3 aromatic rings. The Morgan fingerprint density at radius 3 is 2.47 bits per heavy atom. The molecule has 1 heterocycles. The van der Waals surface area contributed by atoms with Gasteiger partial charge in [-0.1, -0.05) is 24.3 Å². The lowest BCUT2D eigenvalue weighted by atomic mass is 10.1. The van der Waals surface area contributed by atoms with E-state index in [9.17, 15) is 23.3 Å². The Balaban J connectivity index is 1.58. The van der Waals surface area contributed by atoms with E-state index < -0.39 is 27.4 Å². The van der Waals surface area contributed by atoms with Crippen LogP contribution in [0.5, 0.6) is 11.5 Å². The average Bonchev–Trinajstić information content (AvgIpc) is 2.90. The quantitative estimate of drug-likeness (QED) is 0.279. The van der Waals surface area contributed by atoms with Crippen molar-refractivity contribution in [2.24, 2.45) is 5.10 Å². The fourth-order valence-electron chi connectivity index (χ4n) is 3.44. The number of benzene rings is 3. The standard InChI is InChI=1S/C24H22N4O7S/c1-17(18-10-11-22-23(14-18)35-13-12-34-22)25-26-24(29)16-27(19-6-5-7-20(15-19)28(30)31)36(32,33)21-8-3-2-4-9-21/h2-11,14-15H,12-13,16H2,1H3,(H,26,29)/b25-17-. The highest BCUT2D eigenvalue weighted by molar-refractivity contribution is 7.92. The second-order valence-corrected chi connectivity index (χ2v) is 9.55. The molecule has 0 aromatic heterocycles. The van der Waals surface area contributed by atoms with Gasteiger partial charge in [0.2, 0.25) is 0 Å². The molecule has 11 nitrogen and oxygen atoms in total.